The zero-order chi connectivity index (χ0) is 14.7. The topological polar surface area (TPSA) is 71.4 Å². The quantitative estimate of drug-likeness (QED) is 0.906. The first-order valence-electron chi connectivity index (χ1n) is 6.97. The molecule has 0 amide bonds. The number of nitrogens with zero attached hydrogens (tertiary/aromatic N) is 4. The minimum absolute atomic E-state index is 0.00574. The first kappa shape index (κ1) is 13.8. The Hall–Kier alpha value is -2.21. The van der Waals surface area contributed by atoms with E-state index < -0.39 is 0 Å². The van der Waals surface area contributed by atoms with Crippen molar-refractivity contribution >= 4 is 5.82 Å². The number of aliphatic hydroxyl groups excluding tert-OH is 1. The normalized spacial score (nSPS) is 21.5. The Morgan fingerprint density at radius 1 is 1.43 bits per heavy atom. The van der Waals surface area contributed by atoms with Crippen molar-refractivity contribution in [3.05, 3.63) is 42.5 Å². The van der Waals surface area contributed by atoms with Gasteiger partial charge in [-0.25, -0.2) is 9.97 Å². The Bertz CT molecular complexity index is 593. The second-order valence-electron chi connectivity index (χ2n) is 5.10. The van der Waals surface area contributed by atoms with Crippen LogP contribution in [0.5, 0.6) is 5.88 Å². The predicted molar refractivity (Wildman–Crippen MR) is 78.3 cm³/mol. The van der Waals surface area contributed by atoms with Gasteiger partial charge in [0.15, 0.2) is 0 Å². The highest BCUT2D eigenvalue weighted by atomic mass is 16.5. The summed E-state index contributed by atoms with van der Waals surface area (Å²) in [6.45, 7) is 0.770. The molecule has 1 saturated heterocycles. The number of methoxy groups -OCH3 is 1. The Labute approximate surface area is 123 Å². The van der Waals surface area contributed by atoms with Gasteiger partial charge in [-0.2, -0.15) is 0 Å². The van der Waals surface area contributed by atoms with Crippen LogP contribution in [-0.4, -0.2) is 45.9 Å². The van der Waals surface area contributed by atoms with Gasteiger partial charge in [-0.3, -0.25) is 4.98 Å². The van der Waals surface area contributed by atoms with Crippen LogP contribution in [-0.2, 0) is 6.42 Å². The third-order valence-electron chi connectivity index (χ3n) is 3.81. The number of anilines is 1. The van der Waals surface area contributed by atoms with E-state index in [0.29, 0.717) is 5.88 Å². The molecule has 6 heteroatoms. The average molecular weight is 286 g/mol. The molecular weight excluding hydrogens is 268 g/mol. The van der Waals surface area contributed by atoms with Gasteiger partial charge in [0.25, 0.3) is 0 Å². The molecule has 0 aliphatic carbocycles. The van der Waals surface area contributed by atoms with Gasteiger partial charge in [0, 0.05) is 25.0 Å². The van der Waals surface area contributed by atoms with Crippen molar-refractivity contribution in [3.63, 3.8) is 0 Å². The van der Waals surface area contributed by atoms with Crippen molar-refractivity contribution in [2.45, 2.75) is 25.0 Å². The summed E-state index contributed by atoms with van der Waals surface area (Å²) in [6, 6.07) is 5.73. The number of hydrogen-bond donors (Lipinski definition) is 1. The van der Waals surface area contributed by atoms with Gasteiger partial charge in [-0.05, 0) is 24.5 Å². The summed E-state index contributed by atoms with van der Waals surface area (Å²) in [7, 11) is 1.58. The van der Waals surface area contributed by atoms with Gasteiger partial charge in [0.05, 0.1) is 19.3 Å². The fourth-order valence-electron chi connectivity index (χ4n) is 2.73. The molecule has 0 saturated carbocycles. The number of aromatic nitrogens is 3. The molecule has 0 unspecified atom stereocenters. The Morgan fingerprint density at radius 3 is 3.10 bits per heavy atom. The first-order valence-corrected chi connectivity index (χ1v) is 6.97. The van der Waals surface area contributed by atoms with E-state index in [1.54, 1.807) is 19.4 Å². The molecule has 6 nitrogen and oxygen atoms in total. The second-order valence-corrected chi connectivity index (χ2v) is 5.10. The van der Waals surface area contributed by atoms with Crippen LogP contribution >= 0.6 is 0 Å². The lowest BCUT2D eigenvalue weighted by Gasteiger charge is -2.27. The summed E-state index contributed by atoms with van der Waals surface area (Å²) in [6.07, 6.45) is 6.18. The van der Waals surface area contributed by atoms with Crippen LogP contribution in [0.15, 0.2) is 36.9 Å². The lowest BCUT2D eigenvalue weighted by atomic mass is 10.0. The van der Waals surface area contributed by atoms with Crippen LogP contribution in [0.25, 0.3) is 0 Å². The van der Waals surface area contributed by atoms with Crippen LogP contribution in [0.4, 0.5) is 5.82 Å². The van der Waals surface area contributed by atoms with Gasteiger partial charge in [-0.15, -0.1) is 0 Å². The van der Waals surface area contributed by atoms with Crippen molar-refractivity contribution in [3.8, 4) is 5.88 Å². The number of aliphatic hydroxyl groups is 1. The van der Waals surface area contributed by atoms with Crippen molar-refractivity contribution in [2.75, 3.05) is 18.6 Å². The van der Waals surface area contributed by atoms with E-state index in [9.17, 15) is 5.11 Å². The van der Waals surface area contributed by atoms with Gasteiger partial charge >= 0.3 is 0 Å². The van der Waals surface area contributed by atoms with E-state index in [1.165, 1.54) is 6.33 Å². The minimum Gasteiger partial charge on any atom is -0.481 e. The monoisotopic (exact) mass is 286 g/mol. The number of pyridine rings is 1. The summed E-state index contributed by atoms with van der Waals surface area (Å²) in [4.78, 5) is 14.6. The summed E-state index contributed by atoms with van der Waals surface area (Å²) < 4.78 is 5.14. The Morgan fingerprint density at radius 2 is 2.33 bits per heavy atom. The third-order valence-corrected chi connectivity index (χ3v) is 3.81. The number of rotatable bonds is 4. The minimum atomic E-state index is -0.369. The fourth-order valence-corrected chi connectivity index (χ4v) is 2.73. The summed E-state index contributed by atoms with van der Waals surface area (Å²) in [5.74, 6) is 1.31. The largest absolute Gasteiger partial charge is 0.481 e. The molecule has 1 N–H and O–H groups in total. The molecule has 1 aliphatic rings. The van der Waals surface area contributed by atoms with Gasteiger partial charge in [-0.1, -0.05) is 6.07 Å². The van der Waals surface area contributed by atoms with Crippen LogP contribution in [0.3, 0.4) is 0 Å². The fraction of sp³-hybridized carbons (Fsp3) is 0.400. The molecule has 0 aromatic carbocycles. The summed E-state index contributed by atoms with van der Waals surface area (Å²) in [5.41, 5.74) is 1.11. The molecule has 1 fully saturated rings. The molecule has 3 rings (SSSR count). The smallest absolute Gasteiger partial charge is 0.218 e. The van der Waals surface area contributed by atoms with E-state index in [1.807, 2.05) is 18.3 Å². The molecular formula is C15H18N4O2. The summed E-state index contributed by atoms with van der Waals surface area (Å²) >= 11 is 0. The summed E-state index contributed by atoms with van der Waals surface area (Å²) in [5, 5.41) is 10.3. The van der Waals surface area contributed by atoms with E-state index in [4.69, 9.17) is 4.74 Å². The van der Waals surface area contributed by atoms with Crippen LogP contribution < -0.4 is 9.64 Å². The highest BCUT2D eigenvalue weighted by Crippen LogP contribution is 2.27. The zero-order valence-corrected chi connectivity index (χ0v) is 11.9. The molecule has 1 aliphatic heterocycles. The molecule has 21 heavy (non-hydrogen) atoms. The Kier molecular flexibility index (Phi) is 3.96. The van der Waals surface area contributed by atoms with Gasteiger partial charge < -0.3 is 14.7 Å². The third kappa shape index (κ3) is 2.95. The van der Waals surface area contributed by atoms with Crippen molar-refractivity contribution in [1.29, 1.82) is 0 Å². The van der Waals surface area contributed by atoms with Crippen molar-refractivity contribution in [1.82, 2.24) is 15.0 Å². The second kappa shape index (κ2) is 6.05. The lowest BCUT2D eigenvalue weighted by molar-refractivity contribution is 0.164. The van der Waals surface area contributed by atoms with Crippen molar-refractivity contribution < 1.29 is 9.84 Å². The SMILES string of the molecule is COc1cc(N2CC[C@@H](O)[C@@H]2Cc2cccnc2)ncn1. The molecule has 0 radical (unpaired) electrons. The number of hydrogen-bond acceptors (Lipinski definition) is 6. The maximum absolute atomic E-state index is 10.3. The lowest BCUT2D eigenvalue weighted by Crippen LogP contribution is -2.37. The molecule has 2 aromatic heterocycles. The molecule has 110 valence electrons. The van der Waals surface area contributed by atoms with E-state index in [-0.39, 0.29) is 12.1 Å². The van der Waals surface area contributed by atoms with E-state index in [0.717, 1.165) is 30.8 Å². The molecule has 3 heterocycles. The van der Waals surface area contributed by atoms with Gasteiger partial charge in [0.1, 0.15) is 12.1 Å². The maximum Gasteiger partial charge on any atom is 0.218 e. The standard InChI is InChI=1S/C15H18N4O2/c1-21-15-8-14(17-10-18-15)19-6-4-13(20)12(19)7-11-3-2-5-16-9-11/h2-3,5,8-10,12-13,20H,4,6-7H2,1H3/t12-,13+/m0/s1. The Balaban J connectivity index is 1.83. The highest BCUT2D eigenvalue weighted by molar-refractivity contribution is 5.44. The highest BCUT2D eigenvalue weighted by Gasteiger charge is 2.33. The average Bonchev–Trinajstić information content (AvgIpc) is 2.89. The molecule has 0 bridgehead atoms. The zero-order valence-electron chi connectivity index (χ0n) is 11.9. The van der Waals surface area contributed by atoms with Crippen molar-refractivity contribution in [2.24, 2.45) is 0 Å². The van der Waals surface area contributed by atoms with Gasteiger partial charge in [0.2, 0.25) is 5.88 Å². The van der Waals surface area contributed by atoms with Crippen LogP contribution in [0.1, 0.15) is 12.0 Å². The van der Waals surface area contributed by atoms with E-state index in [2.05, 4.69) is 19.9 Å². The number of ether oxygens (including phenoxy) is 1. The maximum atomic E-state index is 10.3. The van der Waals surface area contributed by atoms with E-state index >= 15 is 0 Å². The molecule has 0 spiro atoms. The molecule has 2 aromatic rings. The van der Waals surface area contributed by atoms with Crippen LogP contribution in [0.2, 0.25) is 0 Å². The molecule has 2 atom stereocenters. The van der Waals surface area contributed by atoms with Crippen LogP contribution in [0, 0.1) is 0 Å². The first-order chi connectivity index (χ1) is 10.3. The predicted octanol–water partition coefficient (Wildman–Crippen LogP) is 1.06.